The van der Waals surface area contributed by atoms with Gasteiger partial charge in [0.1, 0.15) is 11.8 Å². The lowest BCUT2D eigenvalue weighted by atomic mass is 10.1. The zero-order valence-electron chi connectivity index (χ0n) is 14.0. The van der Waals surface area contributed by atoms with Crippen LogP contribution in [-0.2, 0) is 4.79 Å². The van der Waals surface area contributed by atoms with Crippen molar-refractivity contribution in [1.82, 2.24) is 15.1 Å². The molecule has 22 heavy (non-hydrogen) atoms. The maximum absolute atomic E-state index is 13.2. The highest BCUT2D eigenvalue weighted by Crippen LogP contribution is 2.27. The average Bonchev–Trinajstić information content (AvgIpc) is 3.03. The second kappa shape index (κ2) is 8.34. The van der Waals surface area contributed by atoms with Crippen LogP contribution in [0.2, 0.25) is 0 Å². The van der Waals surface area contributed by atoms with Crippen LogP contribution in [0.1, 0.15) is 45.4 Å². The van der Waals surface area contributed by atoms with Gasteiger partial charge in [-0.25, -0.2) is 0 Å². The molecule has 0 aliphatic carbocycles. The lowest BCUT2D eigenvalue weighted by molar-refractivity contribution is -0.139. The molecular weight excluding hydrogens is 278 g/mol. The van der Waals surface area contributed by atoms with Gasteiger partial charge >= 0.3 is 0 Å². The van der Waals surface area contributed by atoms with Crippen LogP contribution >= 0.6 is 0 Å². The van der Waals surface area contributed by atoms with Gasteiger partial charge in [0, 0.05) is 38.8 Å². The van der Waals surface area contributed by atoms with Crippen LogP contribution in [0.25, 0.3) is 0 Å². The first-order valence-corrected chi connectivity index (χ1v) is 8.47. The second-order valence-electron chi connectivity index (χ2n) is 6.03. The van der Waals surface area contributed by atoms with E-state index in [1.165, 1.54) is 0 Å². The first kappa shape index (κ1) is 17.0. The number of amides is 1. The van der Waals surface area contributed by atoms with Crippen molar-refractivity contribution in [3.8, 4) is 0 Å². The second-order valence-corrected chi connectivity index (χ2v) is 6.03. The number of nitrogens with one attached hydrogen (secondary N) is 1. The van der Waals surface area contributed by atoms with E-state index in [2.05, 4.69) is 31.0 Å². The molecule has 2 atom stereocenters. The number of carbonyl (C=O) groups is 1. The van der Waals surface area contributed by atoms with Gasteiger partial charge in [-0.1, -0.05) is 13.8 Å². The minimum Gasteiger partial charge on any atom is -0.467 e. The molecular formula is C17H29N3O2. The minimum atomic E-state index is -0.301. The zero-order chi connectivity index (χ0) is 15.9. The monoisotopic (exact) mass is 307 g/mol. The van der Waals surface area contributed by atoms with Crippen molar-refractivity contribution in [2.45, 2.75) is 45.7 Å². The van der Waals surface area contributed by atoms with Crippen molar-refractivity contribution in [1.29, 1.82) is 0 Å². The predicted octanol–water partition coefficient (Wildman–Crippen LogP) is 2.26. The first-order valence-electron chi connectivity index (χ1n) is 8.47. The zero-order valence-corrected chi connectivity index (χ0v) is 14.0. The molecule has 2 heterocycles. The molecule has 1 saturated heterocycles. The van der Waals surface area contributed by atoms with E-state index in [9.17, 15) is 4.79 Å². The number of piperazine rings is 1. The Kier molecular flexibility index (Phi) is 6.46. The van der Waals surface area contributed by atoms with Gasteiger partial charge in [-0.15, -0.1) is 0 Å². The molecule has 5 nitrogen and oxygen atoms in total. The van der Waals surface area contributed by atoms with Crippen LogP contribution in [0.15, 0.2) is 22.8 Å². The van der Waals surface area contributed by atoms with E-state index in [-0.39, 0.29) is 11.9 Å². The van der Waals surface area contributed by atoms with Gasteiger partial charge in [0.05, 0.1) is 6.26 Å². The summed E-state index contributed by atoms with van der Waals surface area (Å²) in [6.07, 6.45) is 3.62. The van der Waals surface area contributed by atoms with Crippen molar-refractivity contribution in [2.75, 3.05) is 32.7 Å². The molecule has 2 rings (SSSR count). The lowest BCUT2D eigenvalue weighted by Crippen LogP contribution is -2.54. The molecule has 5 heteroatoms. The number of hydrogen-bond donors (Lipinski definition) is 1. The number of furan rings is 1. The lowest BCUT2D eigenvalue weighted by Gasteiger charge is -2.40. The summed E-state index contributed by atoms with van der Waals surface area (Å²) in [4.78, 5) is 17.4. The van der Waals surface area contributed by atoms with Gasteiger partial charge in [-0.3, -0.25) is 9.69 Å². The highest BCUT2D eigenvalue weighted by molar-refractivity contribution is 5.82. The van der Waals surface area contributed by atoms with Crippen LogP contribution in [0.4, 0.5) is 0 Å². The molecule has 0 aromatic carbocycles. The largest absolute Gasteiger partial charge is 0.467 e. The maximum atomic E-state index is 13.2. The van der Waals surface area contributed by atoms with Crippen molar-refractivity contribution >= 4 is 5.91 Å². The quantitative estimate of drug-likeness (QED) is 0.839. The summed E-state index contributed by atoms with van der Waals surface area (Å²) >= 11 is 0. The summed E-state index contributed by atoms with van der Waals surface area (Å²) in [5.74, 6) is 0.934. The third-order valence-electron chi connectivity index (χ3n) is 4.23. The molecule has 1 fully saturated rings. The standard InChI is InChI=1S/C17H29N3O2/c1-4-9-19(10-5-2)17(21)16(15-7-6-12-22-15)20-11-8-18-13-14(20)3/h6-7,12,14,16,18H,4-5,8-11,13H2,1-3H3. The third kappa shape index (κ3) is 3.90. The molecule has 0 saturated carbocycles. The number of rotatable bonds is 7. The summed E-state index contributed by atoms with van der Waals surface area (Å²) in [6, 6.07) is 3.81. The van der Waals surface area contributed by atoms with Crippen molar-refractivity contribution < 1.29 is 9.21 Å². The Morgan fingerprint density at radius 1 is 1.45 bits per heavy atom. The topological polar surface area (TPSA) is 48.7 Å². The first-order chi connectivity index (χ1) is 10.7. The van der Waals surface area contributed by atoms with Gasteiger partial charge in [0.25, 0.3) is 0 Å². The van der Waals surface area contributed by atoms with E-state index in [0.717, 1.165) is 51.3 Å². The van der Waals surface area contributed by atoms with Gasteiger partial charge in [0.15, 0.2) is 0 Å². The van der Waals surface area contributed by atoms with E-state index in [0.29, 0.717) is 6.04 Å². The molecule has 1 aliphatic heterocycles. The van der Waals surface area contributed by atoms with Crippen molar-refractivity contribution in [3.63, 3.8) is 0 Å². The van der Waals surface area contributed by atoms with Crippen molar-refractivity contribution in [2.24, 2.45) is 0 Å². The smallest absolute Gasteiger partial charge is 0.247 e. The van der Waals surface area contributed by atoms with E-state index < -0.39 is 0 Å². The molecule has 1 N–H and O–H groups in total. The summed E-state index contributed by atoms with van der Waals surface area (Å²) in [5, 5.41) is 3.39. The van der Waals surface area contributed by atoms with E-state index in [1.54, 1.807) is 6.26 Å². The van der Waals surface area contributed by atoms with Gasteiger partial charge in [0.2, 0.25) is 5.91 Å². The SMILES string of the molecule is CCCN(CCC)C(=O)C(c1ccco1)N1CCNCC1C. The summed E-state index contributed by atoms with van der Waals surface area (Å²) in [6.45, 7) is 10.7. The fraction of sp³-hybridized carbons (Fsp3) is 0.706. The Morgan fingerprint density at radius 2 is 2.18 bits per heavy atom. The van der Waals surface area contributed by atoms with Crippen molar-refractivity contribution in [3.05, 3.63) is 24.2 Å². The Bertz CT molecular complexity index is 441. The highest BCUT2D eigenvalue weighted by atomic mass is 16.3. The summed E-state index contributed by atoms with van der Waals surface area (Å²) < 4.78 is 5.62. The molecule has 1 aromatic rings. The molecule has 1 aromatic heterocycles. The van der Waals surface area contributed by atoms with E-state index in [4.69, 9.17) is 4.42 Å². The summed E-state index contributed by atoms with van der Waals surface area (Å²) in [5.41, 5.74) is 0. The Labute approximate surface area is 133 Å². The number of hydrogen-bond acceptors (Lipinski definition) is 4. The molecule has 1 aliphatic rings. The highest BCUT2D eigenvalue weighted by Gasteiger charge is 2.36. The molecule has 1 amide bonds. The Morgan fingerprint density at radius 3 is 2.73 bits per heavy atom. The van der Waals surface area contributed by atoms with Gasteiger partial charge < -0.3 is 14.6 Å². The van der Waals surface area contributed by atoms with Crippen LogP contribution in [0.5, 0.6) is 0 Å². The molecule has 2 unspecified atom stereocenters. The minimum absolute atomic E-state index is 0.174. The number of carbonyl (C=O) groups excluding carboxylic acids is 1. The fourth-order valence-corrected chi connectivity index (χ4v) is 3.16. The molecule has 124 valence electrons. The molecule has 0 radical (unpaired) electrons. The van der Waals surface area contributed by atoms with Gasteiger partial charge in [-0.2, -0.15) is 0 Å². The van der Waals surface area contributed by atoms with Crippen LogP contribution in [-0.4, -0.2) is 54.5 Å². The van der Waals surface area contributed by atoms with E-state index in [1.807, 2.05) is 17.0 Å². The third-order valence-corrected chi connectivity index (χ3v) is 4.23. The predicted molar refractivity (Wildman–Crippen MR) is 87.6 cm³/mol. The molecule has 0 bridgehead atoms. The van der Waals surface area contributed by atoms with Crippen LogP contribution in [0.3, 0.4) is 0 Å². The maximum Gasteiger partial charge on any atom is 0.247 e. The average molecular weight is 307 g/mol. The normalized spacial score (nSPS) is 20.8. The fourth-order valence-electron chi connectivity index (χ4n) is 3.16. The van der Waals surface area contributed by atoms with Crippen LogP contribution in [0, 0.1) is 0 Å². The van der Waals surface area contributed by atoms with Crippen LogP contribution < -0.4 is 5.32 Å². The van der Waals surface area contributed by atoms with Gasteiger partial charge in [-0.05, 0) is 31.9 Å². The summed E-state index contributed by atoms with van der Waals surface area (Å²) in [7, 11) is 0. The number of nitrogens with zero attached hydrogens (tertiary/aromatic N) is 2. The Hall–Kier alpha value is -1.33. The Balaban J connectivity index is 2.25. The molecule has 0 spiro atoms. The van der Waals surface area contributed by atoms with E-state index >= 15 is 0 Å².